The van der Waals surface area contributed by atoms with Gasteiger partial charge in [-0.3, -0.25) is 4.79 Å². The number of amides is 1. The molecule has 0 saturated carbocycles. The van der Waals surface area contributed by atoms with Crippen LogP contribution in [0.5, 0.6) is 0 Å². The third-order valence-electron chi connectivity index (χ3n) is 3.58. The first-order valence-electron chi connectivity index (χ1n) is 7.65. The summed E-state index contributed by atoms with van der Waals surface area (Å²) in [6.45, 7) is 0. The standard InChI is InChI=1S/C18H24N4O/c1-21(2)16-9-5-14(6-10-16)7-12-18(23)20-15-8-11-17(19-13-15)22(3)4/h5-6,8-11,13H,7,12H2,1-4H3,(H,20,23). The molecule has 5 nitrogen and oxygen atoms in total. The van der Waals surface area contributed by atoms with E-state index in [4.69, 9.17) is 0 Å². The summed E-state index contributed by atoms with van der Waals surface area (Å²) < 4.78 is 0. The van der Waals surface area contributed by atoms with Crippen LogP contribution in [-0.4, -0.2) is 39.1 Å². The molecule has 122 valence electrons. The summed E-state index contributed by atoms with van der Waals surface area (Å²) in [7, 11) is 7.89. The summed E-state index contributed by atoms with van der Waals surface area (Å²) in [5.41, 5.74) is 3.04. The minimum atomic E-state index is 0.00101. The van der Waals surface area contributed by atoms with E-state index in [1.807, 2.05) is 45.2 Å². The molecule has 5 heteroatoms. The average molecular weight is 312 g/mol. The molecule has 1 aromatic carbocycles. The van der Waals surface area contributed by atoms with Gasteiger partial charge in [0.25, 0.3) is 0 Å². The number of nitrogens with zero attached hydrogens (tertiary/aromatic N) is 3. The summed E-state index contributed by atoms with van der Waals surface area (Å²) in [6.07, 6.45) is 2.86. The van der Waals surface area contributed by atoms with Crippen molar-refractivity contribution in [3.63, 3.8) is 0 Å². The molecule has 2 aromatic rings. The van der Waals surface area contributed by atoms with Crippen LogP contribution >= 0.6 is 0 Å². The smallest absolute Gasteiger partial charge is 0.224 e. The fourth-order valence-electron chi connectivity index (χ4n) is 2.17. The predicted octanol–water partition coefficient (Wildman–Crippen LogP) is 2.78. The van der Waals surface area contributed by atoms with Gasteiger partial charge in [-0.05, 0) is 36.2 Å². The third kappa shape index (κ3) is 4.98. The lowest BCUT2D eigenvalue weighted by Crippen LogP contribution is -2.14. The quantitative estimate of drug-likeness (QED) is 0.891. The number of benzene rings is 1. The van der Waals surface area contributed by atoms with E-state index in [1.165, 1.54) is 0 Å². The summed E-state index contributed by atoms with van der Waals surface area (Å²) in [6, 6.07) is 12.0. The van der Waals surface area contributed by atoms with Crippen LogP contribution < -0.4 is 15.1 Å². The molecule has 1 amide bonds. The monoisotopic (exact) mass is 312 g/mol. The van der Waals surface area contributed by atoms with Gasteiger partial charge in [0.1, 0.15) is 5.82 Å². The summed E-state index contributed by atoms with van der Waals surface area (Å²) >= 11 is 0. The van der Waals surface area contributed by atoms with Gasteiger partial charge in [-0.15, -0.1) is 0 Å². The molecule has 0 aliphatic heterocycles. The number of hydrogen-bond acceptors (Lipinski definition) is 4. The van der Waals surface area contributed by atoms with E-state index in [2.05, 4.69) is 39.5 Å². The highest BCUT2D eigenvalue weighted by Gasteiger charge is 2.05. The molecular formula is C18H24N4O. The number of nitrogens with one attached hydrogen (secondary N) is 1. The Bertz CT molecular complexity index is 633. The van der Waals surface area contributed by atoms with Crippen molar-refractivity contribution in [3.8, 4) is 0 Å². The molecule has 1 N–H and O–H groups in total. The molecule has 0 bridgehead atoms. The van der Waals surface area contributed by atoms with Crippen LogP contribution in [0.1, 0.15) is 12.0 Å². The highest BCUT2D eigenvalue weighted by molar-refractivity contribution is 5.90. The first-order chi connectivity index (χ1) is 11.0. The van der Waals surface area contributed by atoms with Crippen molar-refractivity contribution in [1.29, 1.82) is 0 Å². The van der Waals surface area contributed by atoms with Gasteiger partial charge >= 0.3 is 0 Å². The maximum atomic E-state index is 12.0. The maximum absolute atomic E-state index is 12.0. The van der Waals surface area contributed by atoms with Crippen LogP contribution in [0.15, 0.2) is 42.6 Å². The summed E-state index contributed by atoms with van der Waals surface area (Å²) in [4.78, 5) is 20.3. The van der Waals surface area contributed by atoms with E-state index in [0.717, 1.165) is 29.2 Å². The van der Waals surface area contributed by atoms with Crippen molar-refractivity contribution in [2.75, 3.05) is 43.3 Å². The van der Waals surface area contributed by atoms with Crippen molar-refractivity contribution in [1.82, 2.24) is 4.98 Å². The molecule has 2 rings (SSSR count). The van der Waals surface area contributed by atoms with Gasteiger partial charge in [-0.25, -0.2) is 4.98 Å². The maximum Gasteiger partial charge on any atom is 0.224 e. The second-order valence-corrected chi connectivity index (χ2v) is 5.91. The highest BCUT2D eigenvalue weighted by atomic mass is 16.1. The molecule has 0 unspecified atom stereocenters. The number of carbonyl (C=O) groups is 1. The molecule has 1 aromatic heterocycles. The number of anilines is 3. The van der Waals surface area contributed by atoms with Crippen LogP contribution in [0.3, 0.4) is 0 Å². The molecule has 0 aliphatic rings. The average Bonchev–Trinajstić information content (AvgIpc) is 2.54. The van der Waals surface area contributed by atoms with E-state index in [9.17, 15) is 4.79 Å². The Morgan fingerprint density at radius 3 is 2.22 bits per heavy atom. The Morgan fingerprint density at radius 1 is 1.00 bits per heavy atom. The van der Waals surface area contributed by atoms with E-state index in [-0.39, 0.29) is 5.91 Å². The molecular weight excluding hydrogens is 288 g/mol. The van der Waals surface area contributed by atoms with Crippen LogP contribution in [0.4, 0.5) is 17.2 Å². The molecule has 0 atom stereocenters. The zero-order chi connectivity index (χ0) is 16.8. The first kappa shape index (κ1) is 16.8. The summed E-state index contributed by atoms with van der Waals surface area (Å²) in [5.74, 6) is 0.866. The fraction of sp³-hybridized carbons (Fsp3) is 0.333. The van der Waals surface area contributed by atoms with Crippen LogP contribution in [-0.2, 0) is 11.2 Å². The van der Waals surface area contributed by atoms with Gasteiger partial charge in [0.05, 0.1) is 11.9 Å². The lowest BCUT2D eigenvalue weighted by Gasteiger charge is -2.13. The topological polar surface area (TPSA) is 48.5 Å². The Morgan fingerprint density at radius 2 is 1.70 bits per heavy atom. The molecule has 1 heterocycles. The zero-order valence-corrected chi connectivity index (χ0v) is 14.2. The summed E-state index contributed by atoms with van der Waals surface area (Å²) in [5, 5.41) is 2.88. The second kappa shape index (κ2) is 7.63. The van der Waals surface area contributed by atoms with E-state index in [1.54, 1.807) is 6.20 Å². The number of rotatable bonds is 6. The van der Waals surface area contributed by atoms with Crippen molar-refractivity contribution in [2.24, 2.45) is 0 Å². The number of carbonyl (C=O) groups excluding carboxylic acids is 1. The molecule has 0 saturated heterocycles. The van der Waals surface area contributed by atoms with Gasteiger partial charge in [-0.2, -0.15) is 0 Å². The highest BCUT2D eigenvalue weighted by Crippen LogP contribution is 2.15. The minimum Gasteiger partial charge on any atom is -0.378 e. The third-order valence-corrected chi connectivity index (χ3v) is 3.58. The Hall–Kier alpha value is -2.56. The lowest BCUT2D eigenvalue weighted by atomic mass is 10.1. The van der Waals surface area contributed by atoms with Crippen LogP contribution in [0, 0.1) is 0 Å². The SMILES string of the molecule is CN(C)c1ccc(CCC(=O)Nc2ccc(N(C)C)nc2)cc1. The zero-order valence-electron chi connectivity index (χ0n) is 14.2. The molecule has 0 radical (unpaired) electrons. The number of hydrogen-bond donors (Lipinski definition) is 1. The predicted molar refractivity (Wildman–Crippen MR) is 96.3 cm³/mol. The van der Waals surface area contributed by atoms with Gasteiger partial charge < -0.3 is 15.1 Å². The number of aryl methyl sites for hydroxylation is 1. The molecule has 23 heavy (non-hydrogen) atoms. The molecule has 0 fully saturated rings. The van der Waals surface area contributed by atoms with E-state index in [0.29, 0.717) is 6.42 Å². The van der Waals surface area contributed by atoms with Crippen molar-refractivity contribution in [3.05, 3.63) is 48.2 Å². The van der Waals surface area contributed by atoms with Gasteiger partial charge in [-0.1, -0.05) is 12.1 Å². The van der Waals surface area contributed by atoms with Crippen molar-refractivity contribution in [2.45, 2.75) is 12.8 Å². The Balaban J connectivity index is 1.85. The Kier molecular flexibility index (Phi) is 5.57. The van der Waals surface area contributed by atoms with Crippen LogP contribution in [0.25, 0.3) is 0 Å². The van der Waals surface area contributed by atoms with Crippen molar-refractivity contribution >= 4 is 23.1 Å². The van der Waals surface area contributed by atoms with Crippen molar-refractivity contribution < 1.29 is 4.79 Å². The number of aromatic nitrogens is 1. The number of pyridine rings is 1. The Labute approximate surface area is 137 Å². The molecule has 0 spiro atoms. The second-order valence-electron chi connectivity index (χ2n) is 5.91. The molecule has 0 aliphatic carbocycles. The normalized spacial score (nSPS) is 10.3. The van der Waals surface area contributed by atoms with E-state index < -0.39 is 0 Å². The largest absolute Gasteiger partial charge is 0.378 e. The van der Waals surface area contributed by atoms with E-state index >= 15 is 0 Å². The van der Waals surface area contributed by atoms with Gasteiger partial charge in [0, 0.05) is 40.3 Å². The van der Waals surface area contributed by atoms with Gasteiger partial charge in [0.15, 0.2) is 0 Å². The lowest BCUT2D eigenvalue weighted by molar-refractivity contribution is -0.116. The first-order valence-corrected chi connectivity index (χ1v) is 7.65. The fourth-order valence-corrected chi connectivity index (χ4v) is 2.17. The van der Waals surface area contributed by atoms with Crippen LogP contribution in [0.2, 0.25) is 0 Å². The van der Waals surface area contributed by atoms with Gasteiger partial charge in [0.2, 0.25) is 5.91 Å². The minimum absolute atomic E-state index is 0.00101.